The van der Waals surface area contributed by atoms with E-state index >= 15 is 0 Å². The van der Waals surface area contributed by atoms with Crippen molar-refractivity contribution in [3.05, 3.63) is 42.1 Å². The molecule has 6 nitrogen and oxygen atoms in total. The van der Waals surface area contributed by atoms with E-state index in [-0.39, 0.29) is 0 Å². The summed E-state index contributed by atoms with van der Waals surface area (Å²) in [5, 5.41) is 3.33. The van der Waals surface area contributed by atoms with Crippen molar-refractivity contribution in [1.82, 2.24) is 9.97 Å². The van der Waals surface area contributed by atoms with Crippen LogP contribution >= 0.6 is 0 Å². The molecule has 6 heteroatoms. The van der Waals surface area contributed by atoms with Gasteiger partial charge in [0.05, 0.1) is 0 Å². The third-order valence-corrected chi connectivity index (χ3v) is 4.40. The summed E-state index contributed by atoms with van der Waals surface area (Å²) >= 11 is 0. The van der Waals surface area contributed by atoms with Crippen LogP contribution in [0.2, 0.25) is 0 Å². The summed E-state index contributed by atoms with van der Waals surface area (Å²) < 4.78 is 5.07. The van der Waals surface area contributed by atoms with Gasteiger partial charge in [-0.15, -0.1) is 0 Å². The maximum atomic E-state index is 5.07. The molecule has 0 saturated carbocycles. The summed E-state index contributed by atoms with van der Waals surface area (Å²) in [6.07, 6.45) is 2.79. The molecule has 0 amide bonds. The van der Waals surface area contributed by atoms with Gasteiger partial charge in [0.25, 0.3) is 0 Å². The lowest BCUT2D eigenvalue weighted by atomic mass is 10.2. The van der Waals surface area contributed by atoms with Crippen molar-refractivity contribution in [3.63, 3.8) is 0 Å². The van der Waals surface area contributed by atoms with Gasteiger partial charge in [-0.25, -0.2) is 4.98 Å². The van der Waals surface area contributed by atoms with Crippen molar-refractivity contribution in [1.29, 1.82) is 0 Å². The Hall–Kier alpha value is -2.34. The van der Waals surface area contributed by atoms with Gasteiger partial charge in [0, 0.05) is 58.3 Å². The van der Waals surface area contributed by atoms with Gasteiger partial charge in [0.2, 0.25) is 5.95 Å². The molecule has 1 aromatic heterocycles. The van der Waals surface area contributed by atoms with E-state index in [1.165, 1.54) is 11.3 Å². The second-order valence-electron chi connectivity index (χ2n) is 6.33. The van der Waals surface area contributed by atoms with Crippen LogP contribution < -0.4 is 15.1 Å². The minimum atomic E-state index is 0.756. The first-order valence-corrected chi connectivity index (χ1v) is 8.88. The zero-order chi connectivity index (χ0) is 17.5. The molecular weight excluding hydrogens is 314 g/mol. The Morgan fingerprint density at radius 1 is 1.12 bits per heavy atom. The monoisotopic (exact) mass is 341 g/mol. The molecule has 2 heterocycles. The van der Waals surface area contributed by atoms with Gasteiger partial charge in [-0.1, -0.05) is 12.1 Å². The predicted molar refractivity (Wildman–Crippen MR) is 103 cm³/mol. The molecule has 1 aromatic carbocycles. The highest BCUT2D eigenvalue weighted by Crippen LogP contribution is 2.20. The lowest BCUT2D eigenvalue weighted by molar-refractivity contribution is 0.198. The number of hydrogen-bond donors (Lipinski definition) is 1. The van der Waals surface area contributed by atoms with E-state index in [9.17, 15) is 0 Å². The molecule has 1 aliphatic heterocycles. The Balaban J connectivity index is 1.55. The molecule has 0 radical (unpaired) electrons. The zero-order valence-electron chi connectivity index (χ0n) is 15.1. The number of nitrogens with one attached hydrogen (secondary N) is 1. The first-order valence-electron chi connectivity index (χ1n) is 8.88. The molecule has 3 rings (SSSR count). The number of benzene rings is 1. The van der Waals surface area contributed by atoms with Crippen molar-refractivity contribution in [2.75, 3.05) is 61.6 Å². The normalized spacial score (nSPS) is 14.6. The highest BCUT2D eigenvalue weighted by atomic mass is 16.5. The van der Waals surface area contributed by atoms with Crippen molar-refractivity contribution in [2.24, 2.45) is 0 Å². The molecule has 0 unspecified atom stereocenters. The minimum absolute atomic E-state index is 0.756. The third-order valence-electron chi connectivity index (χ3n) is 4.40. The predicted octanol–water partition coefficient (Wildman–Crippen LogP) is 2.56. The van der Waals surface area contributed by atoms with Gasteiger partial charge < -0.3 is 19.9 Å². The number of nitrogens with zero attached hydrogens (tertiary/aromatic N) is 4. The molecule has 1 aliphatic rings. The molecule has 134 valence electrons. The van der Waals surface area contributed by atoms with Crippen molar-refractivity contribution < 1.29 is 4.74 Å². The van der Waals surface area contributed by atoms with E-state index in [0.717, 1.165) is 57.5 Å². The molecule has 1 N–H and O–H groups in total. The average molecular weight is 341 g/mol. The van der Waals surface area contributed by atoms with E-state index in [1.54, 1.807) is 7.11 Å². The van der Waals surface area contributed by atoms with Crippen LogP contribution in [0, 0.1) is 6.92 Å². The van der Waals surface area contributed by atoms with Gasteiger partial charge >= 0.3 is 0 Å². The van der Waals surface area contributed by atoms with Crippen LogP contribution in [0.5, 0.6) is 0 Å². The Kier molecular flexibility index (Phi) is 6.06. The topological polar surface area (TPSA) is 53.5 Å². The first kappa shape index (κ1) is 17.5. The number of rotatable bonds is 7. The Morgan fingerprint density at radius 3 is 2.68 bits per heavy atom. The maximum Gasteiger partial charge on any atom is 0.227 e. The lowest BCUT2D eigenvalue weighted by Crippen LogP contribution is -2.47. The summed E-state index contributed by atoms with van der Waals surface area (Å²) in [4.78, 5) is 13.8. The van der Waals surface area contributed by atoms with Crippen LogP contribution in [0.15, 0.2) is 36.5 Å². The second-order valence-corrected chi connectivity index (χ2v) is 6.33. The van der Waals surface area contributed by atoms with Crippen molar-refractivity contribution in [3.8, 4) is 0 Å². The van der Waals surface area contributed by atoms with Gasteiger partial charge in [0.1, 0.15) is 5.82 Å². The van der Waals surface area contributed by atoms with E-state index in [0.29, 0.717) is 0 Å². The molecule has 1 saturated heterocycles. The molecule has 0 bridgehead atoms. The fraction of sp³-hybridized carbons (Fsp3) is 0.474. The van der Waals surface area contributed by atoms with Crippen LogP contribution in [0.1, 0.15) is 12.0 Å². The summed E-state index contributed by atoms with van der Waals surface area (Å²) in [6, 6.07) is 10.6. The van der Waals surface area contributed by atoms with Gasteiger partial charge in [0.15, 0.2) is 0 Å². The second kappa shape index (κ2) is 8.67. The summed E-state index contributed by atoms with van der Waals surface area (Å²) in [5.74, 6) is 1.68. The summed E-state index contributed by atoms with van der Waals surface area (Å²) in [7, 11) is 1.72. The summed E-state index contributed by atoms with van der Waals surface area (Å²) in [6.45, 7) is 7.58. The van der Waals surface area contributed by atoms with Crippen LogP contribution in [-0.2, 0) is 4.74 Å². The molecule has 0 atom stereocenters. The number of ether oxygens (including phenoxy) is 1. The van der Waals surface area contributed by atoms with E-state index in [4.69, 9.17) is 4.74 Å². The maximum absolute atomic E-state index is 5.07. The molecule has 0 spiro atoms. The number of anilines is 3. The number of aromatic nitrogens is 2. The van der Waals surface area contributed by atoms with Crippen LogP contribution in [0.25, 0.3) is 0 Å². The quantitative estimate of drug-likeness (QED) is 0.781. The number of piperazine rings is 1. The smallest absolute Gasteiger partial charge is 0.227 e. The Morgan fingerprint density at radius 2 is 1.92 bits per heavy atom. The highest BCUT2D eigenvalue weighted by Gasteiger charge is 2.19. The minimum Gasteiger partial charge on any atom is -0.385 e. The molecule has 25 heavy (non-hydrogen) atoms. The largest absolute Gasteiger partial charge is 0.385 e. The Labute approximate surface area is 149 Å². The number of aryl methyl sites for hydroxylation is 1. The average Bonchev–Trinajstić information content (AvgIpc) is 2.66. The lowest BCUT2D eigenvalue weighted by Gasteiger charge is -2.36. The van der Waals surface area contributed by atoms with Crippen molar-refractivity contribution >= 4 is 17.5 Å². The SMILES string of the molecule is COCCCNc1ccnc(N2CCN(c3cccc(C)c3)CC2)n1. The molecule has 0 aliphatic carbocycles. The van der Waals surface area contributed by atoms with E-state index in [1.807, 2.05) is 12.3 Å². The van der Waals surface area contributed by atoms with Crippen LogP contribution in [0.3, 0.4) is 0 Å². The van der Waals surface area contributed by atoms with Crippen molar-refractivity contribution in [2.45, 2.75) is 13.3 Å². The number of hydrogen-bond acceptors (Lipinski definition) is 6. The number of methoxy groups -OCH3 is 1. The van der Waals surface area contributed by atoms with Gasteiger partial charge in [-0.05, 0) is 37.1 Å². The zero-order valence-corrected chi connectivity index (χ0v) is 15.1. The highest BCUT2D eigenvalue weighted by molar-refractivity contribution is 5.50. The standard InChI is InChI=1S/C19H27N5O/c1-16-5-3-6-17(15-16)23-10-12-24(13-11-23)19-21-9-7-18(22-19)20-8-4-14-25-2/h3,5-7,9,15H,4,8,10-14H2,1-2H3,(H,20,21,22). The third kappa shape index (κ3) is 4.82. The molecule has 2 aromatic rings. The fourth-order valence-electron chi connectivity index (χ4n) is 3.02. The van der Waals surface area contributed by atoms with Gasteiger partial charge in [-0.2, -0.15) is 4.98 Å². The molecule has 1 fully saturated rings. The van der Waals surface area contributed by atoms with E-state index < -0.39 is 0 Å². The van der Waals surface area contributed by atoms with E-state index in [2.05, 4.69) is 56.3 Å². The summed E-state index contributed by atoms with van der Waals surface area (Å²) in [5.41, 5.74) is 2.60. The van der Waals surface area contributed by atoms with Crippen LogP contribution in [-0.4, -0.2) is 56.4 Å². The van der Waals surface area contributed by atoms with Crippen LogP contribution in [0.4, 0.5) is 17.5 Å². The van der Waals surface area contributed by atoms with Gasteiger partial charge in [-0.3, -0.25) is 0 Å². The molecular formula is C19H27N5O. The fourth-order valence-corrected chi connectivity index (χ4v) is 3.02. The Bertz CT molecular complexity index is 670. The first-order chi connectivity index (χ1) is 12.3.